The van der Waals surface area contributed by atoms with Gasteiger partial charge in [0, 0.05) is 16.3 Å². The molecule has 0 aliphatic carbocycles. The van der Waals surface area contributed by atoms with Crippen molar-refractivity contribution >= 4 is 27.8 Å². The second-order valence-corrected chi connectivity index (χ2v) is 5.33. The standard InChI is InChI=1S/C16H16N2O3/c1-8(2)21-16(20)15-9(3)14-11-6-10(19)4-5-12(11)18-13(14)7-17-15/h4-8,18-19H,1-3H3. The van der Waals surface area contributed by atoms with Crippen LogP contribution in [0.15, 0.2) is 24.4 Å². The van der Waals surface area contributed by atoms with Crippen LogP contribution >= 0.6 is 0 Å². The van der Waals surface area contributed by atoms with Crippen LogP contribution in [0.5, 0.6) is 5.75 Å². The zero-order valence-corrected chi connectivity index (χ0v) is 12.1. The van der Waals surface area contributed by atoms with Crippen LogP contribution in [0.4, 0.5) is 0 Å². The molecule has 0 atom stereocenters. The van der Waals surface area contributed by atoms with E-state index in [4.69, 9.17) is 4.74 Å². The van der Waals surface area contributed by atoms with E-state index in [1.165, 1.54) is 0 Å². The molecule has 0 aliphatic rings. The van der Waals surface area contributed by atoms with Crippen molar-refractivity contribution in [3.8, 4) is 5.75 Å². The van der Waals surface area contributed by atoms with Crippen LogP contribution in [-0.4, -0.2) is 27.1 Å². The molecular formula is C16H16N2O3. The Morgan fingerprint density at radius 3 is 2.81 bits per heavy atom. The summed E-state index contributed by atoms with van der Waals surface area (Å²) in [5, 5.41) is 11.4. The molecule has 0 aliphatic heterocycles. The van der Waals surface area contributed by atoms with Gasteiger partial charge < -0.3 is 14.8 Å². The third-order valence-electron chi connectivity index (χ3n) is 3.40. The van der Waals surface area contributed by atoms with Gasteiger partial charge in [-0.3, -0.25) is 0 Å². The number of nitrogens with one attached hydrogen (secondary N) is 1. The molecule has 3 aromatic rings. The lowest BCUT2D eigenvalue weighted by molar-refractivity contribution is 0.0370. The molecule has 0 fully saturated rings. The number of benzene rings is 1. The fourth-order valence-electron chi connectivity index (χ4n) is 2.52. The summed E-state index contributed by atoms with van der Waals surface area (Å²) in [6.45, 7) is 5.44. The third kappa shape index (κ3) is 2.20. The van der Waals surface area contributed by atoms with Gasteiger partial charge in [-0.15, -0.1) is 0 Å². The van der Waals surface area contributed by atoms with Crippen LogP contribution in [0.25, 0.3) is 21.8 Å². The van der Waals surface area contributed by atoms with Gasteiger partial charge in [0.2, 0.25) is 0 Å². The first-order valence-corrected chi connectivity index (χ1v) is 6.78. The number of aryl methyl sites for hydroxylation is 1. The number of phenolic OH excluding ortho intramolecular Hbond substituents is 1. The molecule has 0 bridgehead atoms. The molecule has 1 aromatic carbocycles. The smallest absolute Gasteiger partial charge is 0.357 e. The average Bonchev–Trinajstić information content (AvgIpc) is 2.76. The molecular weight excluding hydrogens is 268 g/mol. The minimum Gasteiger partial charge on any atom is -0.508 e. The van der Waals surface area contributed by atoms with Crippen LogP contribution in [0.1, 0.15) is 29.9 Å². The van der Waals surface area contributed by atoms with E-state index in [9.17, 15) is 9.90 Å². The Morgan fingerprint density at radius 1 is 1.33 bits per heavy atom. The molecule has 0 saturated carbocycles. The Morgan fingerprint density at radius 2 is 2.10 bits per heavy atom. The highest BCUT2D eigenvalue weighted by Gasteiger charge is 2.18. The second-order valence-electron chi connectivity index (χ2n) is 5.33. The number of pyridine rings is 1. The summed E-state index contributed by atoms with van der Waals surface area (Å²) in [6, 6.07) is 5.10. The van der Waals surface area contributed by atoms with Crippen molar-refractivity contribution in [3.05, 3.63) is 35.7 Å². The lowest BCUT2D eigenvalue weighted by Gasteiger charge is -2.09. The molecule has 2 N–H and O–H groups in total. The molecule has 0 saturated heterocycles. The number of hydrogen-bond acceptors (Lipinski definition) is 4. The zero-order valence-electron chi connectivity index (χ0n) is 12.1. The quantitative estimate of drug-likeness (QED) is 0.708. The van der Waals surface area contributed by atoms with Crippen LogP contribution in [0.2, 0.25) is 0 Å². The fourth-order valence-corrected chi connectivity index (χ4v) is 2.52. The molecule has 0 radical (unpaired) electrons. The summed E-state index contributed by atoms with van der Waals surface area (Å²) in [7, 11) is 0. The number of nitrogens with zero attached hydrogens (tertiary/aromatic N) is 1. The monoisotopic (exact) mass is 284 g/mol. The van der Waals surface area contributed by atoms with E-state index >= 15 is 0 Å². The van der Waals surface area contributed by atoms with E-state index in [0.717, 1.165) is 27.4 Å². The van der Waals surface area contributed by atoms with Gasteiger partial charge in [-0.2, -0.15) is 0 Å². The summed E-state index contributed by atoms with van der Waals surface area (Å²) in [5.41, 5.74) is 2.77. The highest BCUT2D eigenvalue weighted by Crippen LogP contribution is 2.31. The van der Waals surface area contributed by atoms with Gasteiger partial charge in [-0.05, 0) is 44.5 Å². The number of ether oxygens (including phenoxy) is 1. The van der Waals surface area contributed by atoms with Gasteiger partial charge in [-0.1, -0.05) is 0 Å². The Kier molecular flexibility index (Phi) is 3.05. The molecule has 0 amide bonds. The average molecular weight is 284 g/mol. The van der Waals surface area contributed by atoms with E-state index in [2.05, 4.69) is 9.97 Å². The summed E-state index contributed by atoms with van der Waals surface area (Å²) in [5.74, 6) is -0.246. The minimum absolute atomic E-state index is 0.186. The van der Waals surface area contributed by atoms with Gasteiger partial charge >= 0.3 is 5.97 Å². The maximum absolute atomic E-state index is 12.1. The predicted octanol–water partition coefficient (Wildman–Crippen LogP) is 3.30. The van der Waals surface area contributed by atoms with E-state index < -0.39 is 5.97 Å². The second kappa shape index (κ2) is 4.77. The number of rotatable bonds is 2. The molecule has 108 valence electrons. The summed E-state index contributed by atoms with van der Waals surface area (Å²) in [4.78, 5) is 19.5. The van der Waals surface area contributed by atoms with Crippen molar-refractivity contribution in [2.45, 2.75) is 26.9 Å². The largest absolute Gasteiger partial charge is 0.508 e. The van der Waals surface area contributed by atoms with Crippen molar-refractivity contribution < 1.29 is 14.6 Å². The van der Waals surface area contributed by atoms with Gasteiger partial charge in [0.05, 0.1) is 17.8 Å². The Bertz CT molecular complexity index is 849. The molecule has 2 heterocycles. The highest BCUT2D eigenvalue weighted by molar-refractivity contribution is 6.11. The molecule has 21 heavy (non-hydrogen) atoms. The molecule has 0 spiro atoms. The summed E-state index contributed by atoms with van der Waals surface area (Å²) >= 11 is 0. The molecule has 5 nitrogen and oxygen atoms in total. The number of H-pyrrole nitrogens is 1. The number of aromatic nitrogens is 2. The SMILES string of the molecule is Cc1c(C(=O)OC(C)C)ncc2[nH]c3ccc(O)cc3c12. The van der Waals surface area contributed by atoms with Crippen molar-refractivity contribution in [1.29, 1.82) is 0 Å². The number of aromatic amines is 1. The van der Waals surface area contributed by atoms with Gasteiger partial charge in [0.1, 0.15) is 5.75 Å². The Labute approximate surface area is 121 Å². The highest BCUT2D eigenvalue weighted by atomic mass is 16.5. The molecule has 3 rings (SSSR count). The molecule has 5 heteroatoms. The number of hydrogen-bond donors (Lipinski definition) is 2. The number of phenols is 1. The minimum atomic E-state index is -0.432. The van der Waals surface area contributed by atoms with Crippen LogP contribution in [0, 0.1) is 6.92 Å². The lowest BCUT2D eigenvalue weighted by atomic mass is 10.1. The fraction of sp³-hybridized carbons (Fsp3) is 0.250. The van der Waals surface area contributed by atoms with Crippen LogP contribution < -0.4 is 0 Å². The predicted molar refractivity (Wildman–Crippen MR) is 80.6 cm³/mol. The topological polar surface area (TPSA) is 75.2 Å². The number of carbonyl (C=O) groups is 1. The van der Waals surface area contributed by atoms with E-state index in [1.807, 2.05) is 6.92 Å². The molecule has 2 aromatic heterocycles. The lowest BCUT2D eigenvalue weighted by Crippen LogP contribution is -2.14. The first kappa shape index (κ1) is 13.4. The Hall–Kier alpha value is -2.56. The van der Waals surface area contributed by atoms with E-state index in [-0.39, 0.29) is 11.9 Å². The van der Waals surface area contributed by atoms with E-state index in [1.54, 1.807) is 38.2 Å². The number of fused-ring (bicyclic) bond motifs is 3. The van der Waals surface area contributed by atoms with Crippen LogP contribution in [0.3, 0.4) is 0 Å². The normalized spacial score (nSPS) is 11.4. The maximum Gasteiger partial charge on any atom is 0.357 e. The summed E-state index contributed by atoms with van der Waals surface area (Å²) in [6.07, 6.45) is 1.43. The van der Waals surface area contributed by atoms with Crippen molar-refractivity contribution in [3.63, 3.8) is 0 Å². The number of esters is 1. The van der Waals surface area contributed by atoms with Crippen molar-refractivity contribution in [2.75, 3.05) is 0 Å². The van der Waals surface area contributed by atoms with Gasteiger partial charge in [-0.25, -0.2) is 9.78 Å². The number of aromatic hydroxyl groups is 1. The molecule has 0 unspecified atom stereocenters. The summed E-state index contributed by atoms with van der Waals surface area (Å²) < 4.78 is 5.22. The number of carbonyl (C=O) groups excluding carboxylic acids is 1. The van der Waals surface area contributed by atoms with Crippen molar-refractivity contribution in [2.24, 2.45) is 0 Å². The first-order valence-electron chi connectivity index (χ1n) is 6.78. The first-order chi connectivity index (χ1) is 9.97. The van der Waals surface area contributed by atoms with Gasteiger partial charge in [0.15, 0.2) is 5.69 Å². The Balaban J connectivity index is 2.26. The third-order valence-corrected chi connectivity index (χ3v) is 3.40. The maximum atomic E-state index is 12.1. The van der Waals surface area contributed by atoms with Gasteiger partial charge in [0.25, 0.3) is 0 Å². The van der Waals surface area contributed by atoms with E-state index in [0.29, 0.717) is 5.69 Å². The van der Waals surface area contributed by atoms with Crippen molar-refractivity contribution in [1.82, 2.24) is 9.97 Å². The van der Waals surface area contributed by atoms with Crippen LogP contribution in [-0.2, 0) is 4.74 Å². The zero-order chi connectivity index (χ0) is 15.1.